The van der Waals surface area contributed by atoms with E-state index in [9.17, 15) is 24.0 Å². The van der Waals surface area contributed by atoms with Crippen LogP contribution in [0.3, 0.4) is 0 Å². The van der Waals surface area contributed by atoms with Crippen molar-refractivity contribution in [3.05, 3.63) is 83.0 Å². The molecule has 3 saturated heterocycles. The second-order valence-corrected chi connectivity index (χ2v) is 15.8. The van der Waals surface area contributed by atoms with Crippen molar-refractivity contribution in [3.8, 4) is 22.0 Å². The molecule has 0 spiro atoms. The Hall–Kier alpha value is -6.58. The largest absolute Gasteiger partial charge is 0.387 e. The Balaban J connectivity index is 0.775. The molecule has 2 N–H and O–H groups in total. The zero-order valence-electron chi connectivity index (χ0n) is 31.6. The summed E-state index contributed by atoms with van der Waals surface area (Å²) in [5.41, 5.74) is 5.91. The van der Waals surface area contributed by atoms with Crippen molar-refractivity contribution in [2.24, 2.45) is 5.92 Å². The molecule has 0 saturated carbocycles. The maximum Gasteiger partial charge on any atom is 0.262 e. The van der Waals surface area contributed by atoms with Gasteiger partial charge >= 0.3 is 0 Å². The quantitative estimate of drug-likeness (QED) is 0.173. The number of aromatic nitrogens is 5. The highest BCUT2D eigenvalue weighted by atomic mass is 32.1. The molecular formula is C40H38N12O5S. The average Bonchev–Trinajstić information content (AvgIpc) is 3.97. The van der Waals surface area contributed by atoms with E-state index in [1.165, 1.54) is 11.3 Å². The number of nitrogens with one attached hydrogen (secondary N) is 2. The molecule has 1 atom stereocenters. The van der Waals surface area contributed by atoms with E-state index in [0.29, 0.717) is 38.4 Å². The summed E-state index contributed by atoms with van der Waals surface area (Å²) in [6.07, 6.45) is 4.97. The third kappa shape index (κ3) is 6.71. The molecule has 8 heterocycles. The first-order valence-corrected chi connectivity index (χ1v) is 20.0. The van der Waals surface area contributed by atoms with Crippen molar-refractivity contribution in [2.75, 3.05) is 56.5 Å². The van der Waals surface area contributed by atoms with Gasteiger partial charge in [-0.15, -0.1) is 10.2 Å². The van der Waals surface area contributed by atoms with E-state index in [0.717, 1.165) is 74.7 Å². The first-order valence-electron chi connectivity index (χ1n) is 19.2. The molecule has 58 heavy (non-hydrogen) atoms. The number of fused-ring (bicyclic) bond motifs is 2. The summed E-state index contributed by atoms with van der Waals surface area (Å²) in [5, 5.41) is 20.5. The van der Waals surface area contributed by atoms with E-state index in [4.69, 9.17) is 11.6 Å². The second kappa shape index (κ2) is 15.1. The lowest BCUT2D eigenvalue weighted by Gasteiger charge is -2.38. The summed E-state index contributed by atoms with van der Waals surface area (Å²) >= 11 is 1.49. The van der Waals surface area contributed by atoms with Crippen molar-refractivity contribution in [1.29, 1.82) is 0 Å². The van der Waals surface area contributed by atoms with Gasteiger partial charge in [-0.25, -0.2) is 9.36 Å². The number of anilines is 2. The van der Waals surface area contributed by atoms with Gasteiger partial charge in [-0.05, 0) is 74.3 Å². The van der Waals surface area contributed by atoms with E-state index in [2.05, 4.69) is 40.6 Å². The number of imide groups is 2. The number of piperidine rings is 2. The zero-order chi connectivity index (χ0) is 40.1. The van der Waals surface area contributed by atoms with Gasteiger partial charge in [0.2, 0.25) is 28.5 Å². The number of hydrogen-bond acceptors (Lipinski definition) is 13. The van der Waals surface area contributed by atoms with Crippen LogP contribution >= 0.6 is 11.3 Å². The third-order valence-corrected chi connectivity index (χ3v) is 12.4. The monoisotopic (exact) mass is 798 g/mol. The van der Waals surface area contributed by atoms with Gasteiger partial charge < -0.3 is 15.1 Å². The normalized spacial score (nSPS) is 19.1. The number of rotatable bonds is 8. The highest BCUT2D eigenvalue weighted by Gasteiger charge is 2.44. The summed E-state index contributed by atoms with van der Waals surface area (Å²) < 4.78 is 1.77. The molecule has 4 aromatic heterocycles. The Morgan fingerprint density at radius 2 is 1.71 bits per heavy atom. The average molecular weight is 799 g/mol. The van der Waals surface area contributed by atoms with Crippen molar-refractivity contribution < 1.29 is 24.0 Å². The fraction of sp³-hybridized carbons (Fsp3) is 0.350. The molecule has 18 heteroatoms. The topological polar surface area (TPSA) is 183 Å². The van der Waals surface area contributed by atoms with Crippen LogP contribution in [0.5, 0.6) is 0 Å². The summed E-state index contributed by atoms with van der Waals surface area (Å²) in [6.45, 7) is 11.8. The Labute approximate surface area is 336 Å². The minimum absolute atomic E-state index is 0.0653. The van der Waals surface area contributed by atoms with Crippen LogP contribution in [-0.4, -0.2) is 121 Å². The third-order valence-electron chi connectivity index (χ3n) is 11.4. The SMILES string of the molecule is [C-]#[N+]c1cnn2c(-c3cc(NC)c(-c4nnc(N5CCN(C(=O)C6CCN(Cc7ccc8c(c7)C(=O)N(C7CCC(=O)NC7=O)C8=O)CC6)CC5)s4)cn3)ccc2c1. The van der Waals surface area contributed by atoms with Gasteiger partial charge in [0, 0.05) is 64.0 Å². The van der Waals surface area contributed by atoms with Gasteiger partial charge in [-0.2, -0.15) is 5.10 Å². The second-order valence-electron chi connectivity index (χ2n) is 14.8. The van der Waals surface area contributed by atoms with Crippen molar-refractivity contribution in [2.45, 2.75) is 38.3 Å². The number of pyridine rings is 1. The summed E-state index contributed by atoms with van der Waals surface area (Å²) in [5.74, 6) is -1.96. The first-order chi connectivity index (χ1) is 28.2. The molecule has 3 fully saturated rings. The highest BCUT2D eigenvalue weighted by Crippen LogP contribution is 2.36. The van der Waals surface area contributed by atoms with Gasteiger partial charge in [-0.1, -0.05) is 17.4 Å². The fourth-order valence-corrected chi connectivity index (χ4v) is 9.18. The molecule has 294 valence electrons. The smallest absolute Gasteiger partial charge is 0.262 e. The number of carbonyl (C=O) groups is 5. The molecule has 4 aliphatic heterocycles. The van der Waals surface area contributed by atoms with E-state index in [-0.39, 0.29) is 35.8 Å². The molecule has 0 bridgehead atoms. The molecule has 9 rings (SSSR count). The molecule has 1 unspecified atom stereocenters. The maximum absolute atomic E-state index is 13.6. The molecule has 5 aromatic rings. The maximum atomic E-state index is 13.6. The number of benzene rings is 1. The van der Waals surface area contributed by atoms with Crippen molar-refractivity contribution in [3.63, 3.8) is 0 Å². The van der Waals surface area contributed by atoms with E-state index in [1.54, 1.807) is 35.1 Å². The lowest BCUT2D eigenvalue weighted by atomic mass is 9.94. The molecule has 0 radical (unpaired) electrons. The van der Waals surface area contributed by atoms with E-state index >= 15 is 0 Å². The highest BCUT2D eigenvalue weighted by molar-refractivity contribution is 7.18. The number of carbonyl (C=O) groups excluding carboxylic acids is 5. The molecule has 17 nitrogen and oxygen atoms in total. The van der Waals surface area contributed by atoms with Crippen LogP contribution in [-0.2, 0) is 20.9 Å². The summed E-state index contributed by atoms with van der Waals surface area (Å²) in [4.78, 5) is 79.6. The predicted molar refractivity (Wildman–Crippen MR) is 213 cm³/mol. The molecule has 0 aliphatic carbocycles. The predicted octanol–water partition coefficient (Wildman–Crippen LogP) is 3.47. The van der Waals surface area contributed by atoms with Gasteiger partial charge in [0.1, 0.15) is 6.04 Å². The summed E-state index contributed by atoms with van der Waals surface area (Å²) in [6, 6.07) is 11.8. The lowest BCUT2D eigenvalue weighted by Crippen LogP contribution is -2.54. The Morgan fingerprint density at radius 3 is 2.47 bits per heavy atom. The first kappa shape index (κ1) is 37.0. The van der Waals surface area contributed by atoms with Crippen LogP contribution < -0.4 is 15.5 Å². The lowest BCUT2D eigenvalue weighted by molar-refractivity contribution is -0.138. The number of piperazine rings is 1. The zero-order valence-corrected chi connectivity index (χ0v) is 32.4. The molecular weight excluding hydrogens is 761 g/mol. The van der Waals surface area contributed by atoms with Gasteiger partial charge in [0.15, 0.2) is 5.01 Å². The van der Waals surface area contributed by atoms with Crippen LogP contribution in [0.2, 0.25) is 0 Å². The van der Waals surface area contributed by atoms with E-state index < -0.39 is 29.7 Å². The molecule has 1 aromatic carbocycles. The number of hydrogen-bond donors (Lipinski definition) is 2. The Kier molecular flexibility index (Phi) is 9.61. The van der Waals surface area contributed by atoms with Crippen LogP contribution in [0, 0.1) is 12.5 Å². The molecule has 4 aliphatic rings. The number of amides is 5. The van der Waals surface area contributed by atoms with Crippen molar-refractivity contribution >= 4 is 62.9 Å². The molecule has 5 amide bonds. The van der Waals surface area contributed by atoms with Crippen LogP contribution in [0.25, 0.3) is 32.3 Å². The van der Waals surface area contributed by atoms with Crippen LogP contribution in [0.15, 0.2) is 54.9 Å². The van der Waals surface area contributed by atoms with Crippen LogP contribution in [0.1, 0.15) is 52.0 Å². The van der Waals surface area contributed by atoms with Gasteiger partial charge in [0.05, 0.1) is 46.4 Å². The van der Waals surface area contributed by atoms with Crippen molar-refractivity contribution in [1.82, 2.24) is 44.8 Å². The number of nitrogens with zero attached hydrogens (tertiary/aromatic N) is 10. The van der Waals surface area contributed by atoms with Gasteiger partial charge in [0.25, 0.3) is 11.8 Å². The standard InChI is InChI=1S/C40H38N12O5S/c1-41-25-18-26-4-6-32(52(26)44-20-25)31-19-30(42-2)29(21-43-31)36-46-47-40(58-36)50-15-13-49(14-16-50)37(55)24-9-11-48(12-10-24)22-23-3-5-27-28(17-23)39(57)51(38(27)56)33-7-8-34(53)45-35(33)54/h3-6,17-21,24,33H,7-16,22H2,2H3,(H,42,43)(H,45,53,54). The summed E-state index contributed by atoms with van der Waals surface area (Å²) in [7, 11) is 1.85. The fourth-order valence-electron chi connectivity index (χ4n) is 8.26. The van der Waals surface area contributed by atoms with Gasteiger partial charge in [-0.3, -0.25) is 44.1 Å². The minimum atomic E-state index is -0.996. The minimum Gasteiger partial charge on any atom is -0.387 e. The Bertz CT molecular complexity index is 2550. The van der Waals surface area contributed by atoms with E-state index in [1.807, 2.05) is 36.2 Å². The number of likely N-dealkylation sites (tertiary alicyclic amines) is 1. The van der Waals surface area contributed by atoms with Crippen LogP contribution in [0.4, 0.5) is 16.5 Å². The Morgan fingerprint density at radius 1 is 0.914 bits per heavy atom.